The lowest BCUT2D eigenvalue weighted by molar-refractivity contribution is -0.121. The number of carbonyl (C=O) groups excluding carboxylic acids is 1. The Morgan fingerprint density at radius 3 is 2.18 bits per heavy atom. The number of hydrogen-bond donors (Lipinski definition) is 1. The summed E-state index contributed by atoms with van der Waals surface area (Å²) in [6.45, 7) is 2.59. The molecule has 6 heteroatoms. The fourth-order valence-corrected chi connectivity index (χ4v) is 0.982. The number of nitrogens with one attached hydrogen (secondary N) is 1. The molecule has 1 amide bonds. The molecule has 1 aromatic rings. The Morgan fingerprint density at radius 2 is 1.76 bits per heavy atom. The molecule has 0 unspecified atom stereocenters. The summed E-state index contributed by atoms with van der Waals surface area (Å²) >= 11 is 0. The molecule has 90 valence electrons. The summed E-state index contributed by atoms with van der Waals surface area (Å²) in [4.78, 5) is 11.5. The molecule has 1 aromatic carbocycles. The summed E-state index contributed by atoms with van der Waals surface area (Å²) in [5.41, 5.74) is -2.20. The van der Waals surface area contributed by atoms with E-state index in [0.717, 1.165) is 0 Å². The molecule has 0 fully saturated rings. The molecule has 0 aliphatic rings. The van der Waals surface area contributed by atoms with Gasteiger partial charge in [0.1, 0.15) is 16.9 Å². The Labute approximate surface area is 95.9 Å². The highest BCUT2D eigenvalue weighted by atomic mass is 19.1. The van der Waals surface area contributed by atoms with Gasteiger partial charge in [-0.05, 0) is 13.8 Å². The van der Waals surface area contributed by atoms with Gasteiger partial charge >= 0.3 is 0 Å². The number of amides is 1. The topological polar surface area (TPSA) is 52.9 Å². The van der Waals surface area contributed by atoms with Crippen LogP contribution in [0.3, 0.4) is 0 Å². The van der Waals surface area contributed by atoms with Crippen molar-refractivity contribution < 1.29 is 18.0 Å². The molecule has 0 aliphatic heterocycles. The van der Waals surface area contributed by atoms with Gasteiger partial charge in [-0.25, -0.2) is 13.2 Å². The van der Waals surface area contributed by atoms with E-state index in [2.05, 4.69) is 0 Å². The molecular weight excluding hydrogens is 233 g/mol. The number of rotatable bonds is 2. The first-order valence-corrected chi connectivity index (χ1v) is 4.65. The van der Waals surface area contributed by atoms with Gasteiger partial charge in [0.2, 0.25) is 5.91 Å². The zero-order valence-corrected chi connectivity index (χ0v) is 9.14. The largest absolute Gasteiger partial charge is 0.320 e. The zero-order valence-electron chi connectivity index (χ0n) is 9.14. The number of anilines is 1. The molecule has 0 radical (unpaired) electrons. The standard InChI is InChI=1S/C11H9F3N2O/c1-11(2,5-15)10(17)16-9-7(13)3-6(12)4-8(9)14/h3-4H,1-2H3,(H,16,17). The van der Waals surface area contributed by atoms with Crippen LogP contribution in [0.5, 0.6) is 0 Å². The van der Waals surface area contributed by atoms with E-state index < -0.39 is 34.5 Å². The van der Waals surface area contributed by atoms with Gasteiger partial charge in [-0.3, -0.25) is 4.79 Å². The molecule has 1 rings (SSSR count). The SMILES string of the molecule is CC(C)(C#N)C(=O)Nc1c(F)cc(F)cc1F. The van der Waals surface area contributed by atoms with Crippen LogP contribution in [0.4, 0.5) is 18.9 Å². The summed E-state index contributed by atoms with van der Waals surface area (Å²) in [5, 5.41) is 10.6. The molecule has 3 nitrogen and oxygen atoms in total. The van der Waals surface area contributed by atoms with Crippen molar-refractivity contribution >= 4 is 11.6 Å². The predicted octanol–water partition coefficient (Wildman–Crippen LogP) is 2.59. The van der Waals surface area contributed by atoms with Crippen molar-refractivity contribution in [1.82, 2.24) is 0 Å². The zero-order chi connectivity index (χ0) is 13.2. The predicted molar refractivity (Wildman–Crippen MR) is 54.3 cm³/mol. The lowest BCUT2D eigenvalue weighted by Gasteiger charge is -2.15. The van der Waals surface area contributed by atoms with Crippen molar-refractivity contribution in [2.75, 3.05) is 5.32 Å². The molecule has 17 heavy (non-hydrogen) atoms. The van der Waals surface area contributed by atoms with Crippen molar-refractivity contribution in [3.8, 4) is 6.07 Å². The van der Waals surface area contributed by atoms with Gasteiger partial charge in [-0.15, -0.1) is 0 Å². The third-order valence-corrected chi connectivity index (χ3v) is 2.09. The number of carbonyl (C=O) groups is 1. The summed E-state index contributed by atoms with van der Waals surface area (Å²) in [6.07, 6.45) is 0. The van der Waals surface area contributed by atoms with Gasteiger partial charge in [0.05, 0.1) is 6.07 Å². The van der Waals surface area contributed by atoms with Gasteiger partial charge in [0.25, 0.3) is 0 Å². The average molecular weight is 242 g/mol. The van der Waals surface area contributed by atoms with E-state index >= 15 is 0 Å². The van der Waals surface area contributed by atoms with Crippen LogP contribution in [0.1, 0.15) is 13.8 Å². The maximum atomic E-state index is 13.2. The quantitative estimate of drug-likeness (QED) is 0.866. The van der Waals surface area contributed by atoms with Crippen LogP contribution in [-0.2, 0) is 4.79 Å². The highest BCUT2D eigenvalue weighted by Gasteiger charge is 2.29. The van der Waals surface area contributed by atoms with Crippen molar-refractivity contribution in [3.63, 3.8) is 0 Å². The molecule has 0 saturated heterocycles. The van der Waals surface area contributed by atoms with E-state index in [0.29, 0.717) is 12.1 Å². The van der Waals surface area contributed by atoms with Gasteiger partial charge < -0.3 is 5.32 Å². The number of hydrogen-bond acceptors (Lipinski definition) is 2. The van der Waals surface area contributed by atoms with Gasteiger partial charge in [-0.1, -0.05) is 0 Å². The summed E-state index contributed by atoms with van der Waals surface area (Å²) in [6, 6.07) is 2.57. The Kier molecular flexibility index (Phi) is 3.42. The highest BCUT2D eigenvalue weighted by Crippen LogP contribution is 2.23. The van der Waals surface area contributed by atoms with Crippen LogP contribution >= 0.6 is 0 Å². The molecule has 0 spiro atoms. The second-order valence-electron chi connectivity index (χ2n) is 3.94. The Morgan fingerprint density at radius 1 is 1.29 bits per heavy atom. The summed E-state index contributed by atoms with van der Waals surface area (Å²) in [7, 11) is 0. The van der Waals surface area contributed by atoms with Crippen LogP contribution in [0.2, 0.25) is 0 Å². The van der Waals surface area contributed by atoms with Gasteiger partial charge in [0.15, 0.2) is 11.6 Å². The minimum atomic E-state index is -1.44. The molecular formula is C11H9F3N2O. The number of halogens is 3. The second-order valence-corrected chi connectivity index (χ2v) is 3.94. The number of nitriles is 1. The van der Waals surface area contributed by atoms with E-state index in [-0.39, 0.29) is 0 Å². The van der Waals surface area contributed by atoms with Crippen LogP contribution in [-0.4, -0.2) is 5.91 Å². The summed E-state index contributed by atoms with van der Waals surface area (Å²) in [5.74, 6) is -4.42. The lowest BCUT2D eigenvalue weighted by atomic mass is 9.94. The average Bonchev–Trinajstić information content (AvgIpc) is 2.22. The Balaban J connectivity index is 3.06. The fraction of sp³-hybridized carbons (Fsp3) is 0.273. The van der Waals surface area contributed by atoms with Crippen molar-refractivity contribution in [1.29, 1.82) is 5.26 Å². The van der Waals surface area contributed by atoms with E-state index in [9.17, 15) is 18.0 Å². The normalized spacial score (nSPS) is 10.8. The molecule has 0 atom stereocenters. The third kappa shape index (κ3) is 2.75. The molecule has 1 N–H and O–H groups in total. The number of nitrogens with zero attached hydrogens (tertiary/aromatic N) is 1. The Bertz CT molecular complexity index is 483. The smallest absolute Gasteiger partial charge is 0.244 e. The molecule has 0 bridgehead atoms. The van der Waals surface area contributed by atoms with E-state index in [1.54, 1.807) is 6.07 Å². The molecule has 0 saturated carbocycles. The molecule has 0 aromatic heterocycles. The lowest BCUT2D eigenvalue weighted by Crippen LogP contribution is -2.30. The minimum Gasteiger partial charge on any atom is -0.320 e. The highest BCUT2D eigenvalue weighted by molar-refractivity contribution is 5.96. The molecule has 0 aliphatic carbocycles. The maximum Gasteiger partial charge on any atom is 0.244 e. The number of benzene rings is 1. The van der Waals surface area contributed by atoms with Crippen LogP contribution in [0.25, 0.3) is 0 Å². The van der Waals surface area contributed by atoms with Crippen LogP contribution in [0.15, 0.2) is 12.1 Å². The Hall–Kier alpha value is -2.03. The second kappa shape index (κ2) is 4.45. The molecule has 0 heterocycles. The first-order valence-electron chi connectivity index (χ1n) is 4.65. The van der Waals surface area contributed by atoms with Gasteiger partial charge in [-0.2, -0.15) is 5.26 Å². The van der Waals surface area contributed by atoms with E-state index in [4.69, 9.17) is 5.26 Å². The first-order chi connectivity index (χ1) is 7.77. The minimum absolute atomic E-state index is 0.443. The van der Waals surface area contributed by atoms with Crippen molar-refractivity contribution in [2.24, 2.45) is 5.41 Å². The van der Waals surface area contributed by atoms with Gasteiger partial charge in [0, 0.05) is 12.1 Å². The van der Waals surface area contributed by atoms with Crippen LogP contribution < -0.4 is 5.32 Å². The maximum absolute atomic E-state index is 13.2. The van der Waals surface area contributed by atoms with Crippen molar-refractivity contribution in [2.45, 2.75) is 13.8 Å². The third-order valence-electron chi connectivity index (χ3n) is 2.09. The van der Waals surface area contributed by atoms with Crippen molar-refractivity contribution in [3.05, 3.63) is 29.6 Å². The van der Waals surface area contributed by atoms with Crippen LogP contribution in [0, 0.1) is 34.2 Å². The first kappa shape index (κ1) is 13.0. The van der Waals surface area contributed by atoms with E-state index in [1.807, 2.05) is 5.32 Å². The fourth-order valence-electron chi connectivity index (χ4n) is 0.982. The summed E-state index contributed by atoms with van der Waals surface area (Å²) < 4.78 is 39.0. The monoisotopic (exact) mass is 242 g/mol. The van der Waals surface area contributed by atoms with E-state index in [1.165, 1.54) is 13.8 Å².